The summed E-state index contributed by atoms with van der Waals surface area (Å²) in [7, 11) is 0. The van der Waals surface area contributed by atoms with Gasteiger partial charge in [-0.3, -0.25) is 4.98 Å². The van der Waals surface area contributed by atoms with Gasteiger partial charge in [0.2, 0.25) is 0 Å². The van der Waals surface area contributed by atoms with Gasteiger partial charge in [0.25, 0.3) is 0 Å². The minimum absolute atomic E-state index is 0. The zero-order valence-electron chi connectivity index (χ0n) is 9.18. The van der Waals surface area contributed by atoms with E-state index >= 15 is 0 Å². The van der Waals surface area contributed by atoms with E-state index < -0.39 is 0 Å². The standard InChI is InChI=1S/C11H16N2O2.ClH/c1-6-11(15)9(8(5-14)4-13-6)10(12)7-2-3-7;/h4,7,10,14-15H,2-3,5,12H2,1H3;1H/t10-;/m1./s1. The number of pyridine rings is 1. The fourth-order valence-corrected chi connectivity index (χ4v) is 1.84. The maximum absolute atomic E-state index is 9.90. The van der Waals surface area contributed by atoms with Gasteiger partial charge in [0.15, 0.2) is 0 Å². The molecule has 1 heterocycles. The van der Waals surface area contributed by atoms with Crippen LogP contribution in [0.5, 0.6) is 5.75 Å². The van der Waals surface area contributed by atoms with E-state index in [1.807, 2.05) is 0 Å². The highest BCUT2D eigenvalue weighted by atomic mass is 35.5. The van der Waals surface area contributed by atoms with Crippen molar-refractivity contribution in [3.63, 3.8) is 0 Å². The maximum Gasteiger partial charge on any atom is 0.141 e. The first-order chi connectivity index (χ1) is 7.15. The zero-order chi connectivity index (χ0) is 11.0. The van der Waals surface area contributed by atoms with Gasteiger partial charge >= 0.3 is 0 Å². The first-order valence-corrected chi connectivity index (χ1v) is 5.19. The van der Waals surface area contributed by atoms with Crippen molar-refractivity contribution in [2.45, 2.75) is 32.4 Å². The highest BCUT2D eigenvalue weighted by Gasteiger charge is 2.32. The van der Waals surface area contributed by atoms with Crippen molar-refractivity contribution in [2.75, 3.05) is 0 Å². The number of aliphatic hydroxyl groups is 1. The largest absolute Gasteiger partial charge is 0.506 e. The lowest BCUT2D eigenvalue weighted by atomic mass is 9.97. The van der Waals surface area contributed by atoms with Crippen LogP contribution in [0.25, 0.3) is 0 Å². The van der Waals surface area contributed by atoms with Gasteiger partial charge in [-0.25, -0.2) is 0 Å². The van der Waals surface area contributed by atoms with Crippen LogP contribution in [0.3, 0.4) is 0 Å². The Bertz CT molecular complexity index is 380. The van der Waals surface area contributed by atoms with Gasteiger partial charge in [0, 0.05) is 23.4 Å². The Morgan fingerprint density at radius 1 is 1.56 bits per heavy atom. The zero-order valence-corrected chi connectivity index (χ0v) is 10.00. The monoisotopic (exact) mass is 244 g/mol. The van der Waals surface area contributed by atoms with Crippen molar-refractivity contribution < 1.29 is 10.2 Å². The Balaban J connectivity index is 0.00000128. The molecule has 4 N–H and O–H groups in total. The van der Waals surface area contributed by atoms with Crippen LogP contribution < -0.4 is 5.73 Å². The van der Waals surface area contributed by atoms with Crippen molar-refractivity contribution in [1.29, 1.82) is 0 Å². The molecule has 16 heavy (non-hydrogen) atoms. The molecule has 5 heteroatoms. The van der Waals surface area contributed by atoms with Crippen LogP contribution >= 0.6 is 12.4 Å². The number of halogens is 1. The molecule has 90 valence electrons. The molecule has 0 aliphatic heterocycles. The molecule has 0 spiro atoms. The Labute approximate surface area is 101 Å². The number of rotatable bonds is 3. The Hall–Kier alpha value is -0.840. The molecule has 1 aliphatic rings. The fraction of sp³-hybridized carbons (Fsp3) is 0.545. The molecule has 2 rings (SSSR count). The smallest absolute Gasteiger partial charge is 0.141 e. The predicted molar refractivity (Wildman–Crippen MR) is 63.5 cm³/mol. The summed E-state index contributed by atoms with van der Waals surface area (Å²) in [6, 6.07) is -0.172. The van der Waals surface area contributed by atoms with Gasteiger partial charge in [0.05, 0.1) is 12.3 Å². The summed E-state index contributed by atoms with van der Waals surface area (Å²) < 4.78 is 0. The van der Waals surface area contributed by atoms with Gasteiger partial charge in [-0.2, -0.15) is 0 Å². The number of aromatic nitrogens is 1. The lowest BCUT2D eigenvalue weighted by molar-refractivity contribution is 0.277. The molecule has 0 aromatic carbocycles. The topological polar surface area (TPSA) is 79.4 Å². The summed E-state index contributed by atoms with van der Waals surface area (Å²) in [5.74, 6) is 0.587. The molecular formula is C11H17ClN2O2. The molecule has 0 radical (unpaired) electrons. The molecule has 1 saturated carbocycles. The van der Waals surface area contributed by atoms with Crippen molar-refractivity contribution >= 4 is 12.4 Å². The first kappa shape index (κ1) is 13.2. The molecule has 1 fully saturated rings. The van der Waals surface area contributed by atoms with E-state index in [0.717, 1.165) is 12.8 Å². The predicted octanol–water partition coefficient (Wildman–Crippen LogP) is 1.42. The average molecular weight is 245 g/mol. The van der Waals surface area contributed by atoms with Crippen LogP contribution in [0.15, 0.2) is 6.20 Å². The van der Waals surface area contributed by atoms with E-state index in [1.165, 1.54) is 0 Å². The number of aliphatic hydroxyl groups excluding tert-OH is 1. The third-order valence-electron chi connectivity index (χ3n) is 2.99. The lowest BCUT2D eigenvalue weighted by Crippen LogP contribution is -2.16. The van der Waals surface area contributed by atoms with E-state index in [4.69, 9.17) is 5.73 Å². The number of hydrogen-bond acceptors (Lipinski definition) is 4. The van der Waals surface area contributed by atoms with Crippen LogP contribution in [-0.4, -0.2) is 15.2 Å². The van der Waals surface area contributed by atoms with Crippen molar-refractivity contribution in [3.05, 3.63) is 23.0 Å². The molecule has 0 bridgehead atoms. The van der Waals surface area contributed by atoms with Crippen LogP contribution in [0.4, 0.5) is 0 Å². The molecule has 0 unspecified atom stereocenters. The third-order valence-corrected chi connectivity index (χ3v) is 2.99. The van der Waals surface area contributed by atoms with Gasteiger partial charge in [-0.05, 0) is 25.7 Å². The number of aryl methyl sites for hydroxylation is 1. The Morgan fingerprint density at radius 2 is 2.19 bits per heavy atom. The summed E-state index contributed by atoms with van der Waals surface area (Å²) in [6.45, 7) is 1.61. The highest BCUT2D eigenvalue weighted by molar-refractivity contribution is 5.85. The van der Waals surface area contributed by atoms with Crippen LogP contribution in [0.2, 0.25) is 0 Å². The Kier molecular flexibility index (Phi) is 4.13. The van der Waals surface area contributed by atoms with Crippen molar-refractivity contribution in [3.8, 4) is 5.75 Å². The second kappa shape index (κ2) is 4.99. The molecule has 4 nitrogen and oxygen atoms in total. The summed E-state index contributed by atoms with van der Waals surface area (Å²) in [5.41, 5.74) is 7.93. The van der Waals surface area contributed by atoms with Crippen molar-refractivity contribution in [2.24, 2.45) is 11.7 Å². The minimum atomic E-state index is -0.172. The molecule has 1 aromatic rings. The molecule has 1 atom stereocenters. The number of hydrogen-bond donors (Lipinski definition) is 3. The lowest BCUT2D eigenvalue weighted by Gasteiger charge is -2.17. The maximum atomic E-state index is 9.90. The number of nitrogens with two attached hydrogens (primary N) is 1. The first-order valence-electron chi connectivity index (χ1n) is 5.19. The van der Waals surface area contributed by atoms with Crippen LogP contribution in [-0.2, 0) is 6.61 Å². The second-order valence-electron chi connectivity index (χ2n) is 4.15. The average Bonchev–Trinajstić information content (AvgIpc) is 3.04. The van der Waals surface area contributed by atoms with E-state index in [0.29, 0.717) is 22.7 Å². The van der Waals surface area contributed by atoms with Crippen LogP contribution in [0, 0.1) is 12.8 Å². The Morgan fingerprint density at radius 3 is 2.69 bits per heavy atom. The van der Waals surface area contributed by atoms with E-state index in [-0.39, 0.29) is 30.8 Å². The normalized spacial score (nSPS) is 16.7. The quantitative estimate of drug-likeness (QED) is 0.751. The minimum Gasteiger partial charge on any atom is -0.506 e. The van der Waals surface area contributed by atoms with E-state index in [2.05, 4.69) is 4.98 Å². The number of aromatic hydroxyl groups is 1. The van der Waals surface area contributed by atoms with Gasteiger partial charge in [-0.15, -0.1) is 12.4 Å². The summed E-state index contributed by atoms with van der Waals surface area (Å²) in [6.07, 6.45) is 3.80. The fourth-order valence-electron chi connectivity index (χ4n) is 1.84. The summed E-state index contributed by atoms with van der Waals surface area (Å²) in [5, 5.41) is 19.1. The second-order valence-corrected chi connectivity index (χ2v) is 4.15. The third kappa shape index (κ3) is 2.29. The van der Waals surface area contributed by atoms with Gasteiger partial charge in [0.1, 0.15) is 5.75 Å². The summed E-state index contributed by atoms with van der Waals surface area (Å²) in [4.78, 5) is 4.01. The number of nitrogens with zero attached hydrogens (tertiary/aromatic N) is 1. The van der Waals surface area contributed by atoms with Gasteiger partial charge in [-0.1, -0.05) is 0 Å². The molecule has 1 aliphatic carbocycles. The van der Waals surface area contributed by atoms with E-state index in [1.54, 1.807) is 13.1 Å². The molecular weight excluding hydrogens is 228 g/mol. The molecule has 0 amide bonds. The van der Waals surface area contributed by atoms with Gasteiger partial charge < -0.3 is 15.9 Å². The van der Waals surface area contributed by atoms with Crippen LogP contribution in [0.1, 0.15) is 35.7 Å². The highest BCUT2D eigenvalue weighted by Crippen LogP contribution is 2.43. The van der Waals surface area contributed by atoms with Crippen molar-refractivity contribution in [1.82, 2.24) is 4.98 Å². The summed E-state index contributed by atoms with van der Waals surface area (Å²) >= 11 is 0. The SMILES string of the molecule is Cc1ncc(CO)c([C@H](N)C2CC2)c1O.Cl. The molecule has 0 saturated heterocycles. The molecule has 1 aromatic heterocycles. The van der Waals surface area contributed by atoms with E-state index in [9.17, 15) is 10.2 Å².